The number of nitrogens with one attached hydrogen (secondary N) is 1. The average molecular weight is 288 g/mol. The molecule has 21 heavy (non-hydrogen) atoms. The van der Waals surface area contributed by atoms with Crippen molar-refractivity contribution in [1.82, 2.24) is 15.1 Å². The zero-order chi connectivity index (χ0) is 15.2. The van der Waals surface area contributed by atoms with Crippen LogP contribution in [-0.4, -0.2) is 53.2 Å². The van der Waals surface area contributed by atoms with Gasteiger partial charge in [0.1, 0.15) is 0 Å². The minimum absolute atomic E-state index is 0.204. The second-order valence-corrected chi connectivity index (χ2v) is 4.72. The number of rotatable bonds is 2. The number of hydrogen-bond donors (Lipinski definition) is 2. The Kier molecular flexibility index (Phi) is 4.61. The molecule has 1 aliphatic rings. The Morgan fingerprint density at radius 2 is 1.71 bits per heavy atom. The lowest BCUT2D eigenvalue weighted by Crippen LogP contribution is -2.52. The Morgan fingerprint density at radius 1 is 1.14 bits per heavy atom. The summed E-state index contributed by atoms with van der Waals surface area (Å²) in [5.74, 6) is 0. The normalized spacial score (nSPS) is 14.4. The molecule has 0 unspecified atom stereocenters. The van der Waals surface area contributed by atoms with Crippen LogP contribution >= 0.6 is 0 Å². The topological polar surface area (TPSA) is 96.7 Å². The van der Waals surface area contributed by atoms with Crippen LogP contribution in [0.15, 0.2) is 24.3 Å². The second kappa shape index (κ2) is 6.61. The van der Waals surface area contributed by atoms with Gasteiger partial charge in [-0.1, -0.05) is 12.1 Å². The van der Waals surface area contributed by atoms with Crippen LogP contribution in [0.25, 0.3) is 0 Å². The number of carboxylic acid groups (broad SMARTS) is 1. The molecular weight excluding hydrogens is 272 g/mol. The third-order valence-electron chi connectivity index (χ3n) is 3.36. The highest BCUT2D eigenvalue weighted by Gasteiger charge is 2.23. The molecule has 0 radical (unpaired) electrons. The maximum absolute atomic E-state index is 12.0. The van der Waals surface area contributed by atoms with Gasteiger partial charge in [0.2, 0.25) is 0 Å². The highest BCUT2D eigenvalue weighted by atomic mass is 16.4. The molecule has 0 aliphatic carbocycles. The Balaban J connectivity index is 1.80. The number of benzene rings is 1. The van der Waals surface area contributed by atoms with Gasteiger partial charge in [-0.05, 0) is 17.7 Å². The number of carbonyl (C=O) groups excluding carboxylic acids is 1. The highest BCUT2D eigenvalue weighted by Crippen LogP contribution is 2.05. The van der Waals surface area contributed by atoms with Crippen LogP contribution in [0.3, 0.4) is 0 Å². The van der Waals surface area contributed by atoms with E-state index in [1.54, 1.807) is 29.2 Å². The molecule has 1 aromatic carbocycles. The molecular formula is C14H16N4O3. The first-order chi connectivity index (χ1) is 10.1. The van der Waals surface area contributed by atoms with E-state index >= 15 is 0 Å². The maximum atomic E-state index is 12.0. The van der Waals surface area contributed by atoms with E-state index in [0.29, 0.717) is 38.3 Å². The van der Waals surface area contributed by atoms with Crippen molar-refractivity contribution in [2.45, 2.75) is 6.54 Å². The fraction of sp³-hybridized carbons (Fsp3) is 0.357. The molecule has 3 amide bonds. The summed E-state index contributed by atoms with van der Waals surface area (Å²) in [5, 5.41) is 20.3. The number of carbonyl (C=O) groups is 2. The molecule has 1 heterocycles. The molecule has 0 spiro atoms. The maximum Gasteiger partial charge on any atom is 0.407 e. The van der Waals surface area contributed by atoms with Crippen molar-refractivity contribution in [1.29, 1.82) is 5.26 Å². The van der Waals surface area contributed by atoms with Gasteiger partial charge in [-0.25, -0.2) is 9.59 Å². The summed E-state index contributed by atoms with van der Waals surface area (Å²) >= 11 is 0. The summed E-state index contributed by atoms with van der Waals surface area (Å²) in [4.78, 5) is 25.6. The largest absolute Gasteiger partial charge is 0.465 e. The minimum atomic E-state index is -0.951. The van der Waals surface area contributed by atoms with Gasteiger partial charge in [-0.15, -0.1) is 0 Å². The van der Waals surface area contributed by atoms with Gasteiger partial charge in [0, 0.05) is 32.7 Å². The minimum Gasteiger partial charge on any atom is -0.465 e. The second-order valence-electron chi connectivity index (χ2n) is 4.72. The Labute approximate surface area is 122 Å². The Bertz CT molecular complexity index is 557. The number of nitrogens with zero attached hydrogens (tertiary/aromatic N) is 3. The average Bonchev–Trinajstić information content (AvgIpc) is 2.53. The monoisotopic (exact) mass is 288 g/mol. The zero-order valence-corrected chi connectivity index (χ0v) is 11.5. The van der Waals surface area contributed by atoms with Crippen LogP contribution in [0, 0.1) is 11.3 Å². The van der Waals surface area contributed by atoms with Crippen molar-refractivity contribution in [3.05, 3.63) is 35.4 Å². The Hall–Kier alpha value is -2.75. The summed E-state index contributed by atoms with van der Waals surface area (Å²) < 4.78 is 0. The quantitative estimate of drug-likeness (QED) is 0.850. The van der Waals surface area contributed by atoms with Crippen molar-refractivity contribution in [3.8, 4) is 6.07 Å². The first-order valence-electron chi connectivity index (χ1n) is 6.60. The zero-order valence-electron chi connectivity index (χ0n) is 11.5. The molecule has 0 aromatic heterocycles. The molecule has 0 atom stereocenters. The predicted octanol–water partition coefficient (Wildman–Crippen LogP) is 1.06. The fourth-order valence-electron chi connectivity index (χ4n) is 2.09. The van der Waals surface area contributed by atoms with Crippen LogP contribution < -0.4 is 5.32 Å². The lowest BCUT2D eigenvalue weighted by atomic mass is 10.1. The van der Waals surface area contributed by atoms with E-state index in [1.165, 1.54) is 4.90 Å². The van der Waals surface area contributed by atoms with Crippen LogP contribution in [0.1, 0.15) is 11.1 Å². The molecule has 1 fully saturated rings. The molecule has 1 saturated heterocycles. The van der Waals surface area contributed by atoms with Gasteiger partial charge in [-0.2, -0.15) is 5.26 Å². The lowest BCUT2D eigenvalue weighted by molar-refractivity contribution is 0.112. The van der Waals surface area contributed by atoms with Crippen molar-refractivity contribution < 1.29 is 14.7 Å². The van der Waals surface area contributed by atoms with Crippen LogP contribution in [0.4, 0.5) is 9.59 Å². The van der Waals surface area contributed by atoms with Gasteiger partial charge in [0.25, 0.3) is 0 Å². The summed E-state index contributed by atoms with van der Waals surface area (Å²) in [6.07, 6.45) is -0.951. The molecule has 0 bridgehead atoms. The SMILES string of the molecule is N#Cc1ccc(CNC(=O)N2CCN(C(=O)O)CC2)cc1. The van der Waals surface area contributed by atoms with Crippen LogP contribution in [-0.2, 0) is 6.54 Å². The smallest absolute Gasteiger partial charge is 0.407 e. The van der Waals surface area contributed by atoms with Crippen LogP contribution in [0.2, 0.25) is 0 Å². The number of piperazine rings is 1. The fourth-order valence-corrected chi connectivity index (χ4v) is 2.09. The van der Waals surface area contributed by atoms with E-state index in [-0.39, 0.29) is 6.03 Å². The highest BCUT2D eigenvalue weighted by molar-refractivity contribution is 5.74. The van der Waals surface area contributed by atoms with E-state index in [2.05, 4.69) is 5.32 Å². The van der Waals surface area contributed by atoms with Gasteiger partial charge in [0.15, 0.2) is 0 Å². The third kappa shape index (κ3) is 3.86. The summed E-state index contributed by atoms with van der Waals surface area (Å²) in [6, 6.07) is 8.82. The summed E-state index contributed by atoms with van der Waals surface area (Å²) in [6.45, 7) is 1.83. The van der Waals surface area contributed by atoms with E-state index < -0.39 is 6.09 Å². The number of hydrogen-bond acceptors (Lipinski definition) is 3. The van der Waals surface area contributed by atoms with Gasteiger partial charge in [0.05, 0.1) is 11.6 Å². The van der Waals surface area contributed by atoms with E-state index in [9.17, 15) is 9.59 Å². The lowest BCUT2D eigenvalue weighted by Gasteiger charge is -2.33. The molecule has 1 aromatic rings. The van der Waals surface area contributed by atoms with Crippen molar-refractivity contribution in [2.75, 3.05) is 26.2 Å². The Morgan fingerprint density at radius 3 is 2.24 bits per heavy atom. The first kappa shape index (κ1) is 14.7. The van der Waals surface area contributed by atoms with Gasteiger partial charge >= 0.3 is 12.1 Å². The molecule has 2 N–H and O–H groups in total. The molecule has 110 valence electrons. The van der Waals surface area contributed by atoms with Crippen LogP contribution in [0.5, 0.6) is 0 Å². The molecule has 7 nitrogen and oxygen atoms in total. The van der Waals surface area contributed by atoms with E-state index in [4.69, 9.17) is 10.4 Å². The molecule has 0 saturated carbocycles. The van der Waals surface area contributed by atoms with Crippen molar-refractivity contribution >= 4 is 12.1 Å². The van der Waals surface area contributed by atoms with Gasteiger partial charge in [-0.3, -0.25) is 0 Å². The molecule has 2 rings (SSSR count). The predicted molar refractivity (Wildman–Crippen MR) is 74.6 cm³/mol. The summed E-state index contributed by atoms with van der Waals surface area (Å²) in [5.41, 5.74) is 1.49. The van der Waals surface area contributed by atoms with E-state index in [0.717, 1.165) is 5.56 Å². The number of nitriles is 1. The van der Waals surface area contributed by atoms with Crippen molar-refractivity contribution in [2.24, 2.45) is 0 Å². The number of amides is 3. The first-order valence-corrected chi connectivity index (χ1v) is 6.60. The van der Waals surface area contributed by atoms with Gasteiger partial charge < -0.3 is 20.2 Å². The summed E-state index contributed by atoms with van der Waals surface area (Å²) in [7, 11) is 0. The van der Waals surface area contributed by atoms with E-state index in [1.807, 2.05) is 6.07 Å². The third-order valence-corrected chi connectivity index (χ3v) is 3.36. The number of urea groups is 1. The molecule has 1 aliphatic heterocycles. The molecule has 7 heteroatoms. The van der Waals surface area contributed by atoms with Crippen molar-refractivity contribution in [3.63, 3.8) is 0 Å². The standard InChI is InChI=1S/C14H16N4O3/c15-9-11-1-3-12(4-2-11)10-16-13(19)17-5-7-18(8-6-17)14(20)21/h1-4H,5-8,10H2,(H,16,19)(H,20,21).